The van der Waals surface area contributed by atoms with Crippen molar-refractivity contribution in [1.29, 1.82) is 0 Å². The van der Waals surface area contributed by atoms with Crippen molar-refractivity contribution in [2.75, 3.05) is 0 Å². The topological polar surface area (TPSA) is 0 Å². The fourth-order valence-corrected chi connectivity index (χ4v) is 6.76. The summed E-state index contributed by atoms with van der Waals surface area (Å²) in [4.78, 5) is 0. The molecule has 1 unspecified atom stereocenters. The Morgan fingerprint density at radius 1 is 0.220 bits per heavy atom. The molecule has 0 aliphatic rings. The summed E-state index contributed by atoms with van der Waals surface area (Å²) >= 11 is 0. The van der Waals surface area contributed by atoms with Crippen LogP contribution in [-0.2, 0) is 0 Å². The van der Waals surface area contributed by atoms with Crippen LogP contribution < -0.4 is 0 Å². The summed E-state index contributed by atoms with van der Waals surface area (Å²) < 4.78 is 0. The molecule has 0 aliphatic carbocycles. The summed E-state index contributed by atoms with van der Waals surface area (Å²) in [5, 5.41) is 0. The van der Waals surface area contributed by atoms with Crippen molar-refractivity contribution in [3.63, 3.8) is 0 Å². The molecule has 0 saturated carbocycles. The van der Waals surface area contributed by atoms with Gasteiger partial charge in [0.2, 0.25) is 0 Å². The Labute approximate surface area is 263 Å². The van der Waals surface area contributed by atoms with E-state index in [1.807, 2.05) is 0 Å². The van der Waals surface area contributed by atoms with Crippen molar-refractivity contribution in [2.24, 2.45) is 5.92 Å². The molecular weight excluding hydrogens is 492 g/mol. The quantitative estimate of drug-likeness (QED) is 0.0645. The first-order valence-corrected chi connectivity index (χ1v) is 20.3. The highest BCUT2D eigenvalue weighted by Gasteiger charge is 2.02. The van der Waals surface area contributed by atoms with Gasteiger partial charge in [-0.1, -0.05) is 258 Å². The van der Waals surface area contributed by atoms with Gasteiger partial charge in [-0.05, 0) is 5.92 Å². The standard InChI is InChI=1S/C41H84/c1-4-6-8-10-12-14-16-18-20-21-22-23-24-26-28-30-32-34-36-38-40-41(3)39-37-35-33-31-29-27-25-19-17-15-13-11-9-7-5-2/h41H,4-40H2,1-3H3. The first-order chi connectivity index (χ1) is 20.3. The molecule has 0 amide bonds. The Kier molecular flexibility index (Phi) is 38.0. The van der Waals surface area contributed by atoms with Crippen molar-refractivity contribution >= 4 is 0 Å². The van der Waals surface area contributed by atoms with Crippen LogP contribution in [0.25, 0.3) is 0 Å². The number of rotatable bonds is 37. The van der Waals surface area contributed by atoms with E-state index in [0.29, 0.717) is 0 Å². The second-order valence-corrected chi connectivity index (χ2v) is 14.3. The first-order valence-electron chi connectivity index (χ1n) is 20.3. The zero-order valence-electron chi connectivity index (χ0n) is 29.7. The third-order valence-corrected chi connectivity index (χ3v) is 9.85. The molecule has 0 heterocycles. The zero-order chi connectivity index (χ0) is 29.7. The van der Waals surface area contributed by atoms with E-state index in [1.165, 1.54) is 238 Å². The fourth-order valence-electron chi connectivity index (χ4n) is 6.76. The van der Waals surface area contributed by atoms with Gasteiger partial charge < -0.3 is 0 Å². The van der Waals surface area contributed by atoms with Crippen LogP contribution in [0.3, 0.4) is 0 Å². The maximum atomic E-state index is 2.51. The summed E-state index contributed by atoms with van der Waals surface area (Å²) in [5.74, 6) is 0.965. The predicted octanol–water partition coefficient (Wildman–Crippen LogP) is 16.1. The molecule has 0 fully saturated rings. The largest absolute Gasteiger partial charge is 0.0654 e. The van der Waals surface area contributed by atoms with E-state index < -0.39 is 0 Å². The normalized spacial score (nSPS) is 12.4. The Morgan fingerprint density at radius 3 is 0.537 bits per heavy atom. The lowest BCUT2D eigenvalue weighted by molar-refractivity contribution is 0.429. The Balaban J connectivity index is 3.13. The van der Waals surface area contributed by atoms with Crippen LogP contribution in [0.2, 0.25) is 0 Å². The van der Waals surface area contributed by atoms with Crippen LogP contribution in [0.1, 0.15) is 258 Å². The first kappa shape index (κ1) is 41.0. The highest BCUT2D eigenvalue weighted by Crippen LogP contribution is 2.20. The van der Waals surface area contributed by atoms with Gasteiger partial charge in [-0.25, -0.2) is 0 Å². The summed E-state index contributed by atoms with van der Waals surface area (Å²) in [6, 6.07) is 0. The SMILES string of the molecule is CCCCCCCCCCCCCCCCCCCCCCC(C)CCCCCCCCCCCCCCCCC. The van der Waals surface area contributed by atoms with Gasteiger partial charge in [-0.2, -0.15) is 0 Å². The maximum absolute atomic E-state index is 2.51. The minimum Gasteiger partial charge on any atom is -0.0654 e. The van der Waals surface area contributed by atoms with Crippen molar-refractivity contribution in [3.8, 4) is 0 Å². The van der Waals surface area contributed by atoms with Gasteiger partial charge in [-0.3, -0.25) is 0 Å². The second-order valence-electron chi connectivity index (χ2n) is 14.3. The Morgan fingerprint density at radius 2 is 0.366 bits per heavy atom. The van der Waals surface area contributed by atoms with Gasteiger partial charge in [0, 0.05) is 0 Å². The molecule has 0 nitrogen and oxygen atoms in total. The number of hydrogen-bond donors (Lipinski definition) is 0. The summed E-state index contributed by atoms with van der Waals surface area (Å²) in [6.07, 6.45) is 54.7. The lowest BCUT2D eigenvalue weighted by atomic mass is 9.95. The van der Waals surface area contributed by atoms with Gasteiger partial charge in [0.05, 0.1) is 0 Å². The lowest BCUT2D eigenvalue weighted by Gasteiger charge is -2.11. The fraction of sp³-hybridized carbons (Fsp3) is 1.00. The van der Waals surface area contributed by atoms with Crippen LogP contribution in [0.15, 0.2) is 0 Å². The third-order valence-electron chi connectivity index (χ3n) is 9.85. The highest BCUT2D eigenvalue weighted by molar-refractivity contribution is 4.57. The molecule has 0 bridgehead atoms. The van der Waals surface area contributed by atoms with Gasteiger partial charge in [0.1, 0.15) is 0 Å². The molecule has 248 valence electrons. The average molecular weight is 577 g/mol. The van der Waals surface area contributed by atoms with E-state index in [1.54, 1.807) is 0 Å². The minimum absolute atomic E-state index is 0.965. The molecule has 0 aliphatic heterocycles. The van der Waals surface area contributed by atoms with E-state index in [-0.39, 0.29) is 0 Å². The lowest BCUT2D eigenvalue weighted by Crippen LogP contribution is -1.95. The smallest absolute Gasteiger partial charge is 0.0443 e. The molecule has 0 aromatic heterocycles. The van der Waals surface area contributed by atoms with Crippen molar-refractivity contribution < 1.29 is 0 Å². The number of hydrogen-bond acceptors (Lipinski definition) is 0. The van der Waals surface area contributed by atoms with E-state index in [9.17, 15) is 0 Å². The predicted molar refractivity (Wildman–Crippen MR) is 191 cm³/mol. The molecule has 0 saturated heterocycles. The van der Waals surface area contributed by atoms with Crippen molar-refractivity contribution in [1.82, 2.24) is 0 Å². The molecule has 0 spiro atoms. The van der Waals surface area contributed by atoms with Crippen LogP contribution in [0, 0.1) is 5.92 Å². The molecule has 0 aromatic carbocycles. The van der Waals surface area contributed by atoms with E-state index in [0.717, 1.165) is 5.92 Å². The van der Waals surface area contributed by atoms with Crippen LogP contribution in [0.4, 0.5) is 0 Å². The van der Waals surface area contributed by atoms with Crippen molar-refractivity contribution in [3.05, 3.63) is 0 Å². The summed E-state index contributed by atoms with van der Waals surface area (Å²) in [6.45, 7) is 7.13. The van der Waals surface area contributed by atoms with Gasteiger partial charge in [0.25, 0.3) is 0 Å². The summed E-state index contributed by atoms with van der Waals surface area (Å²) in [7, 11) is 0. The average Bonchev–Trinajstić information content (AvgIpc) is 2.98. The molecule has 0 heteroatoms. The van der Waals surface area contributed by atoms with E-state index in [2.05, 4.69) is 20.8 Å². The Bertz CT molecular complexity index is 426. The van der Waals surface area contributed by atoms with Gasteiger partial charge in [0.15, 0.2) is 0 Å². The van der Waals surface area contributed by atoms with Crippen LogP contribution >= 0.6 is 0 Å². The third kappa shape index (κ3) is 38.0. The van der Waals surface area contributed by atoms with Gasteiger partial charge in [-0.15, -0.1) is 0 Å². The Hall–Kier alpha value is 0. The van der Waals surface area contributed by atoms with Crippen LogP contribution in [-0.4, -0.2) is 0 Å². The van der Waals surface area contributed by atoms with E-state index >= 15 is 0 Å². The molecule has 0 radical (unpaired) electrons. The summed E-state index contributed by atoms with van der Waals surface area (Å²) in [5.41, 5.74) is 0. The molecule has 0 aromatic rings. The minimum atomic E-state index is 0.965. The molecule has 1 atom stereocenters. The maximum Gasteiger partial charge on any atom is -0.0443 e. The molecule has 0 N–H and O–H groups in total. The monoisotopic (exact) mass is 577 g/mol. The van der Waals surface area contributed by atoms with E-state index in [4.69, 9.17) is 0 Å². The highest BCUT2D eigenvalue weighted by atomic mass is 14.1. The molecule has 0 rings (SSSR count). The number of unbranched alkanes of at least 4 members (excludes halogenated alkanes) is 33. The second kappa shape index (κ2) is 38.0. The van der Waals surface area contributed by atoms with Crippen LogP contribution in [0.5, 0.6) is 0 Å². The molecular formula is C41H84. The molecule has 41 heavy (non-hydrogen) atoms. The van der Waals surface area contributed by atoms with Crippen molar-refractivity contribution in [2.45, 2.75) is 258 Å². The zero-order valence-corrected chi connectivity index (χ0v) is 29.7. The van der Waals surface area contributed by atoms with Gasteiger partial charge >= 0.3 is 0 Å².